The van der Waals surface area contributed by atoms with E-state index in [2.05, 4.69) is 34.1 Å². The molecule has 0 unspecified atom stereocenters. The zero-order chi connectivity index (χ0) is 26.2. The van der Waals surface area contributed by atoms with Gasteiger partial charge in [0.2, 0.25) is 5.91 Å². The van der Waals surface area contributed by atoms with Gasteiger partial charge >= 0.3 is 5.97 Å². The lowest BCUT2D eigenvalue weighted by molar-refractivity contribution is -0.154. The standard InChI is InChI=1S/C28H33ClN4O3S/c1-4-28(2,3)27(35)36-18-33-23-17-22(29)19(15-20(23)16-25(33)34)9-10-31-11-13-32(14-12-31)26-21-7-5-6-8-24(21)37-30-26/h5-8,15,17H,4,9-14,16,18H2,1-3H3. The number of amides is 1. The zero-order valence-electron chi connectivity index (χ0n) is 21.6. The van der Waals surface area contributed by atoms with Crippen LogP contribution in [-0.2, 0) is 27.2 Å². The lowest BCUT2D eigenvalue weighted by Gasteiger charge is -2.35. The van der Waals surface area contributed by atoms with E-state index in [1.807, 2.05) is 32.9 Å². The first-order chi connectivity index (χ1) is 17.8. The van der Waals surface area contributed by atoms with Crippen molar-refractivity contribution in [1.29, 1.82) is 0 Å². The number of aromatic nitrogens is 1. The number of fused-ring (bicyclic) bond motifs is 2. The summed E-state index contributed by atoms with van der Waals surface area (Å²) in [6.45, 7) is 10.3. The van der Waals surface area contributed by atoms with Crippen LogP contribution in [0.2, 0.25) is 5.02 Å². The van der Waals surface area contributed by atoms with Gasteiger partial charge in [-0.1, -0.05) is 36.7 Å². The fourth-order valence-corrected chi connectivity index (χ4v) is 5.85. The number of hydrogen-bond donors (Lipinski definition) is 0. The molecule has 0 N–H and O–H groups in total. The van der Waals surface area contributed by atoms with Crippen LogP contribution >= 0.6 is 23.1 Å². The summed E-state index contributed by atoms with van der Waals surface area (Å²) < 4.78 is 11.4. The number of ether oxygens (including phenoxy) is 1. The summed E-state index contributed by atoms with van der Waals surface area (Å²) in [7, 11) is 0. The van der Waals surface area contributed by atoms with Crippen LogP contribution in [0.3, 0.4) is 0 Å². The maximum Gasteiger partial charge on any atom is 0.313 e. The summed E-state index contributed by atoms with van der Waals surface area (Å²) >= 11 is 8.22. The van der Waals surface area contributed by atoms with Crippen LogP contribution in [0.25, 0.3) is 10.1 Å². The highest BCUT2D eigenvalue weighted by Crippen LogP contribution is 2.35. The molecular formula is C28H33ClN4O3S. The number of carbonyl (C=O) groups excluding carboxylic acids is 2. The van der Waals surface area contributed by atoms with E-state index in [-0.39, 0.29) is 18.6 Å². The van der Waals surface area contributed by atoms with Crippen molar-refractivity contribution in [2.24, 2.45) is 5.41 Å². The predicted octanol–water partition coefficient (Wildman–Crippen LogP) is 5.14. The maximum atomic E-state index is 12.7. The lowest BCUT2D eigenvalue weighted by Crippen LogP contribution is -2.47. The Kier molecular flexibility index (Phi) is 7.43. The van der Waals surface area contributed by atoms with Crippen LogP contribution in [0.4, 0.5) is 11.5 Å². The number of rotatable bonds is 8. The van der Waals surface area contributed by atoms with Gasteiger partial charge < -0.3 is 9.64 Å². The van der Waals surface area contributed by atoms with Crippen molar-refractivity contribution >= 4 is 56.6 Å². The molecule has 7 nitrogen and oxygen atoms in total. The summed E-state index contributed by atoms with van der Waals surface area (Å²) in [5.41, 5.74) is 2.15. The second-order valence-corrected chi connectivity index (χ2v) is 11.7. The summed E-state index contributed by atoms with van der Waals surface area (Å²) in [5, 5.41) is 1.88. The van der Waals surface area contributed by atoms with Crippen LogP contribution in [0, 0.1) is 5.41 Å². The molecule has 0 saturated carbocycles. The van der Waals surface area contributed by atoms with Crippen molar-refractivity contribution in [3.05, 3.63) is 52.5 Å². The van der Waals surface area contributed by atoms with Crippen LogP contribution in [0.1, 0.15) is 38.3 Å². The van der Waals surface area contributed by atoms with Crippen LogP contribution in [0.15, 0.2) is 36.4 Å². The molecule has 2 aromatic carbocycles. The molecule has 0 bridgehead atoms. The molecule has 1 fully saturated rings. The van der Waals surface area contributed by atoms with E-state index in [4.69, 9.17) is 20.7 Å². The monoisotopic (exact) mass is 540 g/mol. The lowest BCUT2D eigenvalue weighted by atomic mass is 9.91. The second-order valence-electron chi connectivity index (χ2n) is 10.5. The van der Waals surface area contributed by atoms with Gasteiger partial charge in [0.05, 0.1) is 22.2 Å². The first kappa shape index (κ1) is 25.9. The van der Waals surface area contributed by atoms with E-state index in [0.717, 1.165) is 61.8 Å². The molecule has 3 heterocycles. The number of halogens is 1. The SMILES string of the molecule is CCC(C)(C)C(=O)OCN1C(=O)Cc2cc(CCN3CCN(c4nsc5ccccc45)CC3)c(Cl)cc21. The van der Waals surface area contributed by atoms with Crippen LogP contribution in [-0.4, -0.2) is 60.6 Å². The average Bonchev–Trinajstić information content (AvgIpc) is 3.46. The Morgan fingerprint density at radius 1 is 1.16 bits per heavy atom. The van der Waals surface area contributed by atoms with E-state index in [0.29, 0.717) is 17.9 Å². The minimum atomic E-state index is -0.577. The van der Waals surface area contributed by atoms with E-state index in [1.54, 1.807) is 11.5 Å². The Morgan fingerprint density at radius 2 is 1.92 bits per heavy atom. The highest BCUT2D eigenvalue weighted by atomic mass is 35.5. The Labute approximate surface area is 227 Å². The fraction of sp³-hybridized carbons (Fsp3) is 0.464. The smallest absolute Gasteiger partial charge is 0.313 e. The Morgan fingerprint density at radius 3 is 2.68 bits per heavy atom. The van der Waals surface area contributed by atoms with E-state index < -0.39 is 5.41 Å². The third-order valence-electron chi connectivity index (χ3n) is 7.67. The molecule has 5 rings (SSSR count). The van der Waals surface area contributed by atoms with Crippen molar-refractivity contribution in [1.82, 2.24) is 9.27 Å². The maximum absolute atomic E-state index is 12.7. The van der Waals surface area contributed by atoms with Crippen LogP contribution < -0.4 is 9.80 Å². The largest absolute Gasteiger partial charge is 0.443 e. The molecule has 9 heteroatoms. The Bertz CT molecular complexity index is 1320. The number of anilines is 2. The van der Waals surface area contributed by atoms with E-state index >= 15 is 0 Å². The Hall–Kier alpha value is -2.68. The van der Waals surface area contributed by atoms with Crippen LogP contribution in [0.5, 0.6) is 0 Å². The van der Waals surface area contributed by atoms with E-state index in [1.165, 1.54) is 15.0 Å². The third kappa shape index (κ3) is 5.33. The van der Waals surface area contributed by atoms with E-state index in [9.17, 15) is 9.59 Å². The number of hydrogen-bond acceptors (Lipinski definition) is 7. The van der Waals surface area contributed by atoms with Gasteiger partial charge in [-0.05, 0) is 67.5 Å². The molecule has 0 radical (unpaired) electrons. The predicted molar refractivity (Wildman–Crippen MR) is 150 cm³/mol. The topological polar surface area (TPSA) is 66.0 Å². The third-order valence-corrected chi connectivity index (χ3v) is 8.84. The summed E-state index contributed by atoms with van der Waals surface area (Å²) in [5.74, 6) is 0.720. The molecule has 0 spiro atoms. The van der Waals surface area contributed by atoms with Crippen molar-refractivity contribution in [2.75, 3.05) is 49.3 Å². The zero-order valence-corrected chi connectivity index (χ0v) is 23.2. The van der Waals surface area contributed by atoms with Gasteiger partial charge in [0.25, 0.3) is 0 Å². The molecular weight excluding hydrogens is 508 g/mol. The number of benzene rings is 2. The molecule has 196 valence electrons. The van der Waals surface area contributed by atoms with Gasteiger partial charge in [0.1, 0.15) is 5.82 Å². The average molecular weight is 541 g/mol. The molecule has 0 aliphatic carbocycles. The number of esters is 1. The highest BCUT2D eigenvalue weighted by molar-refractivity contribution is 7.13. The normalized spacial score (nSPS) is 16.5. The van der Waals surface area contributed by atoms with Crippen molar-refractivity contribution in [3.8, 4) is 0 Å². The second kappa shape index (κ2) is 10.6. The molecule has 37 heavy (non-hydrogen) atoms. The summed E-state index contributed by atoms with van der Waals surface area (Å²) in [6, 6.07) is 12.3. The molecule has 2 aliphatic heterocycles. The van der Waals surface area contributed by atoms with Gasteiger partial charge in [-0.3, -0.25) is 19.4 Å². The summed E-state index contributed by atoms with van der Waals surface area (Å²) in [4.78, 5) is 31.4. The number of carbonyl (C=O) groups is 2. The highest BCUT2D eigenvalue weighted by Gasteiger charge is 2.32. The van der Waals surface area contributed by atoms with Gasteiger partial charge in [0, 0.05) is 43.1 Å². The van der Waals surface area contributed by atoms with Crippen molar-refractivity contribution in [2.45, 2.75) is 40.0 Å². The van der Waals surface area contributed by atoms with Crippen molar-refractivity contribution in [3.63, 3.8) is 0 Å². The first-order valence-electron chi connectivity index (χ1n) is 12.9. The molecule has 1 saturated heterocycles. The van der Waals surface area contributed by atoms with Gasteiger partial charge in [-0.15, -0.1) is 0 Å². The molecule has 3 aromatic rings. The first-order valence-corrected chi connectivity index (χ1v) is 14.0. The summed E-state index contributed by atoms with van der Waals surface area (Å²) in [6.07, 6.45) is 1.79. The molecule has 0 atom stereocenters. The minimum Gasteiger partial charge on any atom is -0.443 e. The molecule has 2 aliphatic rings. The fourth-order valence-electron chi connectivity index (χ4n) is 4.80. The van der Waals surface area contributed by atoms with Gasteiger partial charge in [0.15, 0.2) is 6.73 Å². The van der Waals surface area contributed by atoms with Crippen molar-refractivity contribution < 1.29 is 14.3 Å². The molecule has 1 aromatic heterocycles. The van der Waals surface area contributed by atoms with Gasteiger partial charge in [-0.25, -0.2) is 0 Å². The number of piperazine rings is 1. The Balaban J connectivity index is 1.17. The molecule has 1 amide bonds. The minimum absolute atomic E-state index is 0.0731. The quantitative estimate of drug-likeness (QED) is 0.369. The van der Waals surface area contributed by atoms with Gasteiger partial charge in [-0.2, -0.15) is 4.37 Å². The number of nitrogens with zero attached hydrogens (tertiary/aromatic N) is 4.